The Kier molecular flexibility index (Phi) is 4.13. The van der Waals surface area contributed by atoms with E-state index in [2.05, 4.69) is 32.9 Å². The second kappa shape index (κ2) is 5.64. The Bertz CT molecular complexity index is 459. The molecule has 1 aliphatic rings. The van der Waals surface area contributed by atoms with Crippen LogP contribution in [0, 0.1) is 20.8 Å². The van der Waals surface area contributed by atoms with E-state index in [0.717, 1.165) is 25.8 Å². The second-order valence-electron chi connectivity index (χ2n) is 5.54. The van der Waals surface area contributed by atoms with Gasteiger partial charge in [-0.25, -0.2) is 4.79 Å². The third-order valence-corrected chi connectivity index (χ3v) is 4.07. The summed E-state index contributed by atoms with van der Waals surface area (Å²) in [5, 5.41) is 0. The number of carbonyl (C=O) groups excluding carboxylic acids is 1. The Morgan fingerprint density at radius 3 is 2.53 bits per heavy atom. The minimum absolute atomic E-state index is 0.190. The molecule has 1 fully saturated rings. The van der Waals surface area contributed by atoms with E-state index in [1.165, 1.54) is 29.4 Å². The summed E-state index contributed by atoms with van der Waals surface area (Å²) < 4.78 is 4.87. The van der Waals surface area contributed by atoms with E-state index in [-0.39, 0.29) is 12.1 Å². The molecule has 1 unspecified atom stereocenters. The highest BCUT2D eigenvalue weighted by molar-refractivity contribution is 5.68. The lowest BCUT2D eigenvalue weighted by molar-refractivity contribution is 0.119. The van der Waals surface area contributed by atoms with Crippen LogP contribution in [-0.4, -0.2) is 30.7 Å². The zero-order valence-electron chi connectivity index (χ0n) is 12.3. The molecule has 0 aromatic heterocycles. The van der Waals surface area contributed by atoms with Gasteiger partial charge in [0.15, 0.2) is 0 Å². The van der Waals surface area contributed by atoms with Gasteiger partial charge in [-0.1, -0.05) is 17.7 Å². The number of hydrogen-bond acceptors (Lipinski definition) is 2. The Morgan fingerprint density at radius 1 is 1.32 bits per heavy atom. The smallest absolute Gasteiger partial charge is 0.409 e. The summed E-state index contributed by atoms with van der Waals surface area (Å²) in [6.07, 6.45) is 2.89. The van der Waals surface area contributed by atoms with Crippen LogP contribution in [0.2, 0.25) is 0 Å². The first kappa shape index (κ1) is 13.9. The first-order valence-corrected chi connectivity index (χ1v) is 6.94. The number of rotatable bonds is 2. The maximum atomic E-state index is 11.7. The normalized spacial score (nSPS) is 18.7. The molecule has 0 N–H and O–H groups in total. The third-order valence-electron chi connectivity index (χ3n) is 4.07. The first-order chi connectivity index (χ1) is 9.02. The molecule has 0 radical (unpaired) electrons. The number of aryl methyl sites for hydroxylation is 3. The zero-order valence-corrected chi connectivity index (χ0v) is 12.3. The van der Waals surface area contributed by atoms with E-state index in [4.69, 9.17) is 4.74 Å². The van der Waals surface area contributed by atoms with E-state index >= 15 is 0 Å². The van der Waals surface area contributed by atoms with Crippen LogP contribution >= 0.6 is 0 Å². The van der Waals surface area contributed by atoms with Gasteiger partial charge in [-0.2, -0.15) is 0 Å². The molecule has 0 spiro atoms. The monoisotopic (exact) mass is 261 g/mol. The van der Waals surface area contributed by atoms with Gasteiger partial charge >= 0.3 is 6.09 Å². The predicted octanol–water partition coefficient (Wildman–Crippen LogP) is 3.39. The molecule has 0 aliphatic carbocycles. The van der Waals surface area contributed by atoms with Crippen LogP contribution in [0.3, 0.4) is 0 Å². The average Bonchev–Trinajstić information content (AvgIpc) is 2.80. The van der Waals surface area contributed by atoms with Crippen molar-refractivity contribution in [3.63, 3.8) is 0 Å². The summed E-state index contributed by atoms with van der Waals surface area (Å²) >= 11 is 0. The molecule has 0 saturated carbocycles. The van der Waals surface area contributed by atoms with Gasteiger partial charge in [0.1, 0.15) is 0 Å². The van der Waals surface area contributed by atoms with Crippen molar-refractivity contribution in [3.05, 3.63) is 34.4 Å². The number of carbonyl (C=O) groups is 1. The molecule has 1 atom stereocenters. The lowest BCUT2D eigenvalue weighted by atomic mass is 9.93. The third kappa shape index (κ3) is 2.91. The number of likely N-dealkylation sites (tertiary alicyclic amines) is 1. The summed E-state index contributed by atoms with van der Waals surface area (Å²) in [4.78, 5) is 13.6. The first-order valence-electron chi connectivity index (χ1n) is 6.94. The highest BCUT2D eigenvalue weighted by Crippen LogP contribution is 2.25. The SMILES string of the molecule is COC(=O)N1CCCC1Cc1c(C)cc(C)cc1C. The fourth-order valence-electron chi connectivity index (χ4n) is 3.17. The Hall–Kier alpha value is -1.51. The minimum atomic E-state index is -0.190. The molecule has 3 heteroatoms. The fourth-order valence-corrected chi connectivity index (χ4v) is 3.17. The number of hydrogen-bond donors (Lipinski definition) is 0. The topological polar surface area (TPSA) is 29.5 Å². The Labute approximate surface area is 115 Å². The van der Waals surface area contributed by atoms with Crippen LogP contribution in [0.1, 0.15) is 35.1 Å². The molecule has 1 amide bonds. The minimum Gasteiger partial charge on any atom is -0.453 e. The predicted molar refractivity (Wildman–Crippen MR) is 76.5 cm³/mol. The summed E-state index contributed by atoms with van der Waals surface area (Å²) in [5.74, 6) is 0. The maximum Gasteiger partial charge on any atom is 0.409 e. The molecule has 104 valence electrons. The van der Waals surface area contributed by atoms with Gasteiger partial charge in [0, 0.05) is 12.6 Å². The highest BCUT2D eigenvalue weighted by atomic mass is 16.5. The average molecular weight is 261 g/mol. The van der Waals surface area contributed by atoms with Crippen molar-refractivity contribution in [3.8, 4) is 0 Å². The molecule has 1 aliphatic heterocycles. The molecule has 1 aromatic rings. The molecule has 3 nitrogen and oxygen atoms in total. The molecular formula is C16H23NO2. The molecule has 1 saturated heterocycles. The molecule has 2 rings (SSSR count). The van der Waals surface area contributed by atoms with Crippen molar-refractivity contribution in [2.45, 2.75) is 46.1 Å². The van der Waals surface area contributed by atoms with Crippen LogP contribution in [-0.2, 0) is 11.2 Å². The number of ether oxygens (including phenoxy) is 1. The second-order valence-corrected chi connectivity index (χ2v) is 5.54. The summed E-state index contributed by atoms with van der Waals surface area (Å²) in [7, 11) is 1.46. The Morgan fingerprint density at radius 2 is 1.95 bits per heavy atom. The van der Waals surface area contributed by atoms with Crippen molar-refractivity contribution < 1.29 is 9.53 Å². The van der Waals surface area contributed by atoms with Gasteiger partial charge in [0.2, 0.25) is 0 Å². The van der Waals surface area contributed by atoms with Gasteiger partial charge < -0.3 is 9.64 Å². The fraction of sp³-hybridized carbons (Fsp3) is 0.562. The lowest BCUT2D eigenvalue weighted by Crippen LogP contribution is -2.36. The zero-order chi connectivity index (χ0) is 14.0. The largest absolute Gasteiger partial charge is 0.453 e. The van der Waals surface area contributed by atoms with Gasteiger partial charge in [0.25, 0.3) is 0 Å². The van der Waals surface area contributed by atoms with E-state index in [0.29, 0.717) is 0 Å². The molecule has 1 aromatic carbocycles. The highest BCUT2D eigenvalue weighted by Gasteiger charge is 2.30. The molecule has 1 heterocycles. The van der Waals surface area contributed by atoms with E-state index in [1.807, 2.05) is 4.90 Å². The van der Waals surface area contributed by atoms with Crippen LogP contribution in [0.25, 0.3) is 0 Å². The molecular weight excluding hydrogens is 238 g/mol. The van der Waals surface area contributed by atoms with Gasteiger partial charge in [-0.15, -0.1) is 0 Å². The number of methoxy groups -OCH3 is 1. The van der Waals surface area contributed by atoms with Gasteiger partial charge in [-0.05, 0) is 56.7 Å². The van der Waals surface area contributed by atoms with Crippen molar-refractivity contribution >= 4 is 6.09 Å². The lowest BCUT2D eigenvalue weighted by Gasteiger charge is -2.24. The van der Waals surface area contributed by atoms with Crippen LogP contribution in [0.4, 0.5) is 4.79 Å². The van der Waals surface area contributed by atoms with Crippen LogP contribution < -0.4 is 0 Å². The summed E-state index contributed by atoms with van der Waals surface area (Å²) in [6, 6.07) is 4.73. The standard InChI is InChI=1S/C16H23NO2/c1-11-8-12(2)15(13(3)9-11)10-14-6-5-7-17(14)16(18)19-4/h8-9,14H,5-7,10H2,1-4H3. The maximum absolute atomic E-state index is 11.7. The molecule has 19 heavy (non-hydrogen) atoms. The van der Waals surface area contributed by atoms with E-state index in [9.17, 15) is 4.79 Å². The van der Waals surface area contributed by atoms with E-state index in [1.54, 1.807) is 0 Å². The Balaban J connectivity index is 2.19. The quantitative estimate of drug-likeness (QED) is 0.816. The van der Waals surface area contributed by atoms with Crippen molar-refractivity contribution in [1.82, 2.24) is 4.90 Å². The van der Waals surface area contributed by atoms with Crippen LogP contribution in [0.15, 0.2) is 12.1 Å². The van der Waals surface area contributed by atoms with Gasteiger partial charge in [0.05, 0.1) is 7.11 Å². The number of amides is 1. The molecule has 0 bridgehead atoms. The number of benzene rings is 1. The summed E-state index contributed by atoms with van der Waals surface area (Å²) in [6.45, 7) is 7.26. The van der Waals surface area contributed by atoms with Crippen molar-refractivity contribution in [2.24, 2.45) is 0 Å². The van der Waals surface area contributed by atoms with Crippen LogP contribution in [0.5, 0.6) is 0 Å². The van der Waals surface area contributed by atoms with Gasteiger partial charge in [-0.3, -0.25) is 0 Å². The summed E-state index contributed by atoms with van der Waals surface area (Å²) in [5.41, 5.74) is 5.34. The van der Waals surface area contributed by atoms with E-state index < -0.39 is 0 Å². The number of nitrogens with zero attached hydrogens (tertiary/aromatic N) is 1. The van der Waals surface area contributed by atoms with Crippen molar-refractivity contribution in [2.75, 3.05) is 13.7 Å². The van der Waals surface area contributed by atoms with Crippen molar-refractivity contribution in [1.29, 1.82) is 0 Å².